The summed E-state index contributed by atoms with van der Waals surface area (Å²) in [6, 6.07) is 0.0162. The minimum Gasteiger partial charge on any atom is -0.422 e. The van der Waals surface area contributed by atoms with Gasteiger partial charge in [-0.3, -0.25) is 4.79 Å². The van der Waals surface area contributed by atoms with Crippen molar-refractivity contribution in [1.82, 2.24) is 0 Å². The van der Waals surface area contributed by atoms with Crippen LogP contribution in [0.1, 0.15) is 27.7 Å². The first-order valence-corrected chi connectivity index (χ1v) is 5.01. The molecule has 0 atom stereocenters. The molecule has 0 N–H and O–H groups in total. The van der Waals surface area contributed by atoms with Crippen LogP contribution >= 0.6 is 0 Å². The summed E-state index contributed by atoms with van der Waals surface area (Å²) in [4.78, 5) is 9.70. The van der Waals surface area contributed by atoms with Crippen LogP contribution in [0.2, 0.25) is 0 Å². The SMILES string of the molecule is CC.CC.O=COc1c(F)c(F)cc(F)c1F. The fourth-order valence-electron chi connectivity index (χ4n) is 0.703. The molecule has 0 saturated carbocycles. The second-order valence-corrected chi connectivity index (χ2v) is 2.01. The van der Waals surface area contributed by atoms with Gasteiger partial charge in [0, 0.05) is 6.07 Å². The molecule has 0 fully saturated rings. The molecule has 6 heteroatoms. The van der Waals surface area contributed by atoms with Gasteiger partial charge in [-0.1, -0.05) is 27.7 Å². The molecule has 0 saturated heterocycles. The Morgan fingerprint density at radius 3 is 1.59 bits per heavy atom. The zero-order valence-corrected chi connectivity index (χ0v) is 9.98. The number of hydrogen-bond acceptors (Lipinski definition) is 2. The van der Waals surface area contributed by atoms with Gasteiger partial charge in [0.15, 0.2) is 11.6 Å². The first-order chi connectivity index (χ1) is 8.07. The lowest BCUT2D eigenvalue weighted by Gasteiger charge is -2.02. The summed E-state index contributed by atoms with van der Waals surface area (Å²) in [7, 11) is 0. The Morgan fingerprint density at radius 2 is 1.29 bits per heavy atom. The van der Waals surface area contributed by atoms with Gasteiger partial charge in [-0.15, -0.1) is 0 Å². The summed E-state index contributed by atoms with van der Waals surface area (Å²) in [5.41, 5.74) is 0. The lowest BCUT2D eigenvalue weighted by Crippen LogP contribution is -2.01. The Morgan fingerprint density at radius 1 is 0.941 bits per heavy atom. The van der Waals surface area contributed by atoms with Crippen LogP contribution in [-0.4, -0.2) is 6.47 Å². The van der Waals surface area contributed by atoms with Gasteiger partial charge in [0.2, 0.25) is 17.4 Å². The van der Waals surface area contributed by atoms with E-state index in [4.69, 9.17) is 0 Å². The van der Waals surface area contributed by atoms with E-state index in [2.05, 4.69) is 4.74 Å². The van der Waals surface area contributed by atoms with Gasteiger partial charge >= 0.3 is 0 Å². The number of hydrogen-bond donors (Lipinski definition) is 0. The zero-order valence-electron chi connectivity index (χ0n) is 9.98. The fourth-order valence-corrected chi connectivity index (χ4v) is 0.703. The van der Waals surface area contributed by atoms with Crippen LogP contribution in [0.25, 0.3) is 0 Å². The Balaban J connectivity index is 0. The molecule has 17 heavy (non-hydrogen) atoms. The topological polar surface area (TPSA) is 26.3 Å². The van der Waals surface area contributed by atoms with Gasteiger partial charge in [-0.2, -0.15) is 8.78 Å². The molecule has 0 aliphatic rings. The highest BCUT2D eigenvalue weighted by molar-refractivity contribution is 5.46. The second kappa shape index (κ2) is 9.62. The average Bonchev–Trinajstić information content (AvgIpc) is 2.37. The second-order valence-electron chi connectivity index (χ2n) is 2.01. The lowest BCUT2D eigenvalue weighted by atomic mass is 10.3. The summed E-state index contributed by atoms with van der Waals surface area (Å²) >= 11 is 0. The molecule has 0 amide bonds. The van der Waals surface area contributed by atoms with E-state index >= 15 is 0 Å². The van der Waals surface area contributed by atoms with Crippen LogP contribution in [0.15, 0.2) is 6.07 Å². The van der Waals surface area contributed by atoms with E-state index in [1.54, 1.807) is 0 Å². The van der Waals surface area contributed by atoms with Crippen molar-refractivity contribution in [3.05, 3.63) is 29.3 Å². The third kappa shape index (κ3) is 4.84. The molecular formula is C11H14F4O2. The number of ether oxygens (including phenoxy) is 1. The van der Waals surface area contributed by atoms with Gasteiger partial charge in [0.25, 0.3) is 6.47 Å². The predicted octanol–water partition coefficient (Wildman–Crippen LogP) is 3.83. The summed E-state index contributed by atoms with van der Waals surface area (Å²) in [6.07, 6.45) is 0. The fraction of sp³-hybridized carbons (Fsp3) is 0.364. The Kier molecular flexibility index (Phi) is 10.1. The van der Waals surface area contributed by atoms with Crippen LogP contribution in [0, 0.1) is 23.3 Å². The van der Waals surface area contributed by atoms with E-state index in [0.29, 0.717) is 0 Å². The van der Waals surface area contributed by atoms with Crippen LogP contribution in [0.5, 0.6) is 5.75 Å². The van der Waals surface area contributed by atoms with E-state index in [0.717, 1.165) is 0 Å². The first-order valence-electron chi connectivity index (χ1n) is 5.01. The first kappa shape index (κ1) is 17.8. The highest BCUT2D eigenvalue weighted by Crippen LogP contribution is 2.25. The number of rotatable bonds is 2. The van der Waals surface area contributed by atoms with Gasteiger partial charge < -0.3 is 4.74 Å². The van der Waals surface area contributed by atoms with Crippen LogP contribution in [0.3, 0.4) is 0 Å². The summed E-state index contributed by atoms with van der Waals surface area (Å²) in [6.45, 7) is 7.67. The zero-order chi connectivity index (χ0) is 14.0. The van der Waals surface area contributed by atoms with Crippen LogP contribution < -0.4 is 4.74 Å². The van der Waals surface area contributed by atoms with E-state index in [1.165, 1.54) is 0 Å². The standard InChI is InChI=1S/C7H2F4O2.2C2H6/c8-3-1-4(9)6(11)7(5(3)10)13-2-12;2*1-2/h1-2H;2*1-2H3. The van der Waals surface area contributed by atoms with E-state index in [-0.39, 0.29) is 12.5 Å². The largest absolute Gasteiger partial charge is 0.422 e. The highest BCUT2D eigenvalue weighted by atomic mass is 19.2. The minimum absolute atomic E-state index is 0.0162. The van der Waals surface area contributed by atoms with Crippen molar-refractivity contribution >= 4 is 6.47 Å². The average molecular weight is 254 g/mol. The van der Waals surface area contributed by atoms with Crippen LogP contribution in [-0.2, 0) is 4.79 Å². The summed E-state index contributed by atoms with van der Waals surface area (Å²) in [5.74, 6) is -8.13. The Hall–Kier alpha value is -1.59. The third-order valence-electron chi connectivity index (χ3n) is 1.24. The third-order valence-corrected chi connectivity index (χ3v) is 1.24. The van der Waals surface area contributed by atoms with E-state index in [1.807, 2.05) is 27.7 Å². The quantitative estimate of drug-likeness (QED) is 0.455. The molecule has 0 aromatic heterocycles. The lowest BCUT2D eigenvalue weighted by molar-refractivity contribution is -0.121. The monoisotopic (exact) mass is 254 g/mol. The van der Waals surface area contributed by atoms with Crippen LogP contribution in [0.4, 0.5) is 17.6 Å². The molecule has 0 bridgehead atoms. The highest BCUT2D eigenvalue weighted by Gasteiger charge is 2.20. The number of carbonyl (C=O) groups excluding carboxylic acids is 1. The molecular weight excluding hydrogens is 240 g/mol. The van der Waals surface area contributed by atoms with Gasteiger partial charge in [-0.05, 0) is 0 Å². The molecule has 0 spiro atoms. The molecule has 0 heterocycles. The maximum atomic E-state index is 12.6. The van der Waals surface area contributed by atoms with Crippen molar-refractivity contribution in [2.45, 2.75) is 27.7 Å². The normalized spacial score (nSPS) is 8.24. The maximum Gasteiger partial charge on any atom is 0.298 e. The molecule has 1 aromatic rings. The maximum absolute atomic E-state index is 12.6. The van der Waals surface area contributed by atoms with Crippen molar-refractivity contribution < 1.29 is 27.1 Å². The minimum atomic E-state index is -1.74. The van der Waals surface area contributed by atoms with Crippen molar-refractivity contribution in [1.29, 1.82) is 0 Å². The van der Waals surface area contributed by atoms with Crippen molar-refractivity contribution in [2.24, 2.45) is 0 Å². The van der Waals surface area contributed by atoms with Gasteiger partial charge in [0.05, 0.1) is 0 Å². The number of carbonyl (C=O) groups is 1. The number of halogens is 4. The Bertz CT molecular complexity index is 328. The molecule has 0 aliphatic heterocycles. The van der Waals surface area contributed by atoms with E-state index in [9.17, 15) is 22.4 Å². The van der Waals surface area contributed by atoms with Crippen molar-refractivity contribution in [3.63, 3.8) is 0 Å². The Labute approximate surface area is 97.2 Å². The van der Waals surface area contributed by atoms with E-state index < -0.39 is 29.0 Å². The predicted molar refractivity (Wildman–Crippen MR) is 55.7 cm³/mol. The molecule has 98 valence electrons. The summed E-state index contributed by atoms with van der Waals surface area (Å²) in [5, 5.41) is 0. The van der Waals surface area contributed by atoms with Gasteiger partial charge in [0.1, 0.15) is 0 Å². The smallest absolute Gasteiger partial charge is 0.298 e. The molecule has 1 rings (SSSR count). The summed E-state index contributed by atoms with van der Waals surface area (Å²) < 4.78 is 53.6. The molecule has 1 aromatic carbocycles. The molecule has 0 aliphatic carbocycles. The molecule has 2 nitrogen and oxygen atoms in total. The molecule has 0 unspecified atom stereocenters. The molecule has 0 radical (unpaired) electrons. The van der Waals surface area contributed by atoms with Crippen molar-refractivity contribution in [3.8, 4) is 5.75 Å². The van der Waals surface area contributed by atoms with Gasteiger partial charge in [-0.25, -0.2) is 8.78 Å². The number of benzene rings is 1. The van der Waals surface area contributed by atoms with Crippen molar-refractivity contribution in [2.75, 3.05) is 0 Å².